The molecule has 1 heterocycles. The average Bonchev–Trinajstić information content (AvgIpc) is 2.63. The molecule has 0 saturated carbocycles. The van der Waals surface area contributed by atoms with Crippen LogP contribution >= 0.6 is 0 Å². The second kappa shape index (κ2) is 6.57. The van der Waals surface area contributed by atoms with E-state index in [9.17, 15) is 20.0 Å². The minimum atomic E-state index is -0.961. The number of carbonyl (C=O) groups excluding carboxylic acids is 1. The van der Waals surface area contributed by atoms with Crippen molar-refractivity contribution in [2.45, 2.75) is 39.7 Å². The van der Waals surface area contributed by atoms with Crippen LogP contribution in [-0.4, -0.2) is 28.0 Å². The summed E-state index contributed by atoms with van der Waals surface area (Å²) in [5.41, 5.74) is 1.79. The predicted octanol–water partition coefficient (Wildman–Crippen LogP) is 4.03. The number of Topliss-reactive ketones (excluding diaryl/α,β-unsaturated/α-hetero) is 1. The van der Waals surface area contributed by atoms with Crippen LogP contribution in [0.3, 0.4) is 0 Å². The molecular formula is C20H21NO6. The molecule has 142 valence electrons. The van der Waals surface area contributed by atoms with Gasteiger partial charge in [0.15, 0.2) is 17.3 Å². The molecule has 0 fully saturated rings. The molecular weight excluding hydrogens is 350 g/mol. The molecule has 27 heavy (non-hydrogen) atoms. The third-order valence-electron chi connectivity index (χ3n) is 5.05. The van der Waals surface area contributed by atoms with Crippen molar-refractivity contribution >= 4 is 11.5 Å². The molecule has 0 amide bonds. The standard InChI is InChI=1S/C20H21NO6/c1-11-12(2)17-16(22)9-20(4,27-19(17)18(23)13(11)3)10-26-15-7-5-14(6-8-15)21(24)25/h5-8,23H,9-10H2,1-4H3. The predicted molar refractivity (Wildman–Crippen MR) is 98.9 cm³/mol. The van der Waals surface area contributed by atoms with Gasteiger partial charge in [-0.05, 0) is 56.5 Å². The minimum Gasteiger partial charge on any atom is -0.504 e. The number of fused-ring (bicyclic) bond motifs is 1. The molecule has 0 spiro atoms. The molecule has 0 bridgehead atoms. The van der Waals surface area contributed by atoms with Gasteiger partial charge in [0.1, 0.15) is 18.0 Å². The van der Waals surface area contributed by atoms with E-state index in [1.54, 1.807) is 13.8 Å². The molecule has 1 unspecified atom stereocenters. The van der Waals surface area contributed by atoms with Crippen LogP contribution in [0.2, 0.25) is 0 Å². The van der Waals surface area contributed by atoms with E-state index >= 15 is 0 Å². The van der Waals surface area contributed by atoms with Gasteiger partial charge >= 0.3 is 0 Å². The van der Waals surface area contributed by atoms with Gasteiger partial charge in [0.05, 0.1) is 16.9 Å². The molecule has 2 aromatic carbocycles. The zero-order chi connectivity index (χ0) is 19.9. The highest BCUT2D eigenvalue weighted by atomic mass is 16.6. The monoisotopic (exact) mass is 371 g/mol. The normalized spacial score (nSPS) is 18.6. The summed E-state index contributed by atoms with van der Waals surface area (Å²) in [6, 6.07) is 5.69. The number of hydrogen-bond acceptors (Lipinski definition) is 6. The van der Waals surface area contributed by atoms with Crippen LogP contribution in [0.5, 0.6) is 17.2 Å². The highest BCUT2D eigenvalue weighted by Gasteiger charge is 2.40. The van der Waals surface area contributed by atoms with E-state index in [2.05, 4.69) is 0 Å². The maximum atomic E-state index is 12.7. The average molecular weight is 371 g/mol. The van der Waals surface area contributed by atoms with Crippen LogP contribution in [-0.2, 0) is 0 Å². The molecule has 7 heteroatoms. The van der Waals surface area contributed by atoms with Crippen LogP contribution in [0.1, 0.15) is 40.4 Å². The summed E-state index contributed by atoms with van der Waals surface area (Å²) >= 11 is 0. The van der Waals surface area contributed by atoms with Crippen molar-refractivity contribution < 1.29 is 24.3 Å². The maximum Gasteiger partial charge on any atom is 0.269 e. The molecule has 2 aromatic rings. The number of nitro groups is 1. The number of ether oxygens (including phenoxy) is 2. The zero-order valence-corrected chi connectivity index (χ0v) is 15.7. The van der Waals surface area contributed by atoms with E-state index < -0.39 is 10.5 Å². The molecule has 0 aliphatic carbocycles. The number of carbonyl (C=O) groups is 1. The molecule has 0 radical (unpaired) electrons. The molecule has 1 N–H and O–H groups in total. The number of ketones is 1. The Bertz CT molecular complexity index is 935. The second-order valence-electron chi connectivity index (χ2n) is 7.12. The fraction of sp³-hybridized carbons (Fsp3) is 0.350. The second-order valence-corrected chi connectivity index (χ2v) is 7.12. The number of non-ortho nitro benzene ring substituents is 1. The quantitative estimate of drug-likeness (QED) is 0.643. The van der Waals surface area contributed by atoms with Crippen molar-refractivity contribution in [1.82, 2.24) is 0 Å². The highest BCUT2D eigenvalue weighted by molar-refractivity contribution is 6.03. The lowest BCUT2D eigenvalue weighted by Crippen LogP contribution is -2.44. The van der Waals surface area contributed by atoms with E-state index in [1.807, 2.05) is 13.8 Å². The molecule has 1 aliphatic heterocycles. The van der Waals surface area contributed by atoms with Gasteiger partial charge in [-0.2, -0.15) is 0 Å². The summed E-state index contributed by atoms with van der Waals surface area (Å²) in [6.07, 6.45) is 0.107. The first-order valence-electron chi connectivity index (χ1n) is 8.55. The molecule has 1 aliphatic rings. The van der Waals surface area contributed by atoms with Gasteiger partial charge < -0.3 is 14.6 Å². The summed E-state index contributed by atoms with van der Waals surface area (Å²) in [7, 11) is 0. The van der Waals surface area contributed by atoms with Crippen molar-refractivity contribution in [2.75, 3.05) is 6.61 Å². The van der Waals surface area contributed by atoms with Crippen molar-refractivity contribution in [1.29, 1.82) is 0 Å². The van der Waals surface area contributed by atoms with E-state index in [4.69, 9.17) is 9.47 Å². The van der Waals surface area contributed by atoms with E-state index in [-0.39, 0.29) is 36.0 Å². The van der Waals surface area contributed by atoms with Gasteiger partial charge in [-0.25, -0.2) is 0 Å². The summed E-state index contributed by atoms with van der Waals surface area (Å²) in [5, 5.41) is 21.2. The largest absolute Gasteiger partial charge is 0.504 e. The Kier molecular flexibility index (Phi) is 4.55. The Balaban J connectivity index is 1.84. The third-order valence-corrected chi connectivity index (χ3v) is 5.05. The number of hydrogen-bond donors (Lipinski definition) is 1. The van der Waals surface area contributed by atoms with Crippen LogP contribution in [0.4, 0.5) is 5.69 Å². The number of rotatable bonds is 4. The lowest BCUT2D eigenvalue weighted by Gasteiger charge is -2.36. The molecule has 0 saturated heterocycles. The summed E-state index contributed by atoms with van der Waals surface area (Å²) in [6.45, 7) is 7.29. The van der Waals surface area contributed by atoms with Crippen LogP contribution < -0.4 is 9.47 Å². The first-order chi connectivity index (χ1) is 12.6. The highest BCUT2D eigenvalue weighted by Crippen LogP contribution is 2.45. The van der Waals surface area contributed by atoms with Gasteiger partial charge in [0.25, 0.3) is 5.69 Å². The van der Waals surface area contributed by atoms with Gasteiger partial charge in [-0.3, -0.25) is 14.9 Å². The molecule has 7 nitrogen and oxygen atoms in total. The minimum absolute atomic E-state index is 0.0253. The van der Waals surface area contributed by atoms with Gasteiger partial charge in [0, 0.05) is 12.1 Å². The maximum absolute atomic E-state index is 12.7. The van der Waals surface area contributed by atoms with E-state index in [0.29, 0.717) is 16.9 Å². The van der Waals surface area contributed by atoms with Crippen LogP contribution in [0.15, 0.2) is 24.3 Å². The first kappa shape index (κ1) is 18.7. The fourth-order valence-corrected chi connectivity index (χ4v) is 3.23. The summed E-state index contributed by atoms with van der Waals surface area (Å²) in [4.78, 5) is 23.0. The summed E-state index contributed by atoms with van der Waals surface area (Å²) in [5.74, 6) is 0.496. The Morgan fingerprint density at radius 3 is 2.41 bits per heavy atom. The van der Waals surface area contributed by atoms with E-state index in [1.165, 1.54) is 24.3 Å². The number of benzene rings is 2. The molecule has 0 aromatic heterocycles. The van der Waals surface area contributed by atoms with Crippen molar-refractivity contribution in [2.24, 2.45) is 0 Å². The van der Waals surface area contributed by atoms with Gasteiger partial charge in [-0.15, -0.1) is 0 Å². The Hall–Kier alpha value is -3.09. The lowest BCUT2D eigenvalue weighted by molar-refractivity contribution is -0.384. The topological polar surface area (TPSA) is 98.9 Å². The van der Waals surface area contributed by atoms with Gasteiger partial charge in [-0.1, -0.05) is 0 Å². The molecule has 1 atom stereocenters. The smallest absolute Gasteiger partial charge is 0.269 e. The Morgan fingerprint density at radius 1 is 1.19 bits per heavy atom. The number of phenols is 1. The number of aromatic hydroxyl groups is 1. The van der Waals surface area contributed by atoms with Gasteiger partial charge in [0.2, 0.25) is 0 Å². The van der Waals surface area contributed by atoms with Crippen LogP contribution in [0, 0.1) is 30.9 Å². The number of nitrogens with zero attached hydrogens (tertiary/aromatic N) is 1. The van der Waals surface area contributed by atoms with Crippen LogP contribution in [0.25, 0.3) is 0 Å². The lowest BCUT2D eigenvalue weighted by atomic mass is 9.86. The first-order valence-corrected chi connectivity index (χ1v) is 8.55. The van der Waals surface area contributed by atoms with Crippen molar-refractivity contribution in [3.8, 4) is 17.2 Å². The number of nitro benzene ring substituents is 1. The Morgan fingerprint density at radius 2 is 1.81 bits per heavy atom. The van der Waals surface area contributed by atoms with E-state index in [0.717, 1.165) is 11.1 Å². The van der Waals surface area contributed by atoms with Crippen molar-refractivity contribution in [3.05, 3.63) is 56.6 Å². The Labute approximate surface area is 156 Å². The molecule has 3 rings (SSSR count). The SMILES string of the molecule is Cc1c(C)c(O)c2c(c1C)C(=O)CC(C)(COc1ccc([N+](=O)[O-])cc1)O2. The fourth-order valence-electron chi connectivity index (χ4n) is 3.23. The third kappa shape index (κ3) is 3.32. The zero-order valence-electron chi connectivity index (χ0n) is 15.7. The van der Waals surface area contributed by atoms with Crippen molar-refractivity contribution in [3.63, 3.8) is 0 Å². The number of phenolic OH excluding ortho intramolecular Hbond substituents is 1. The summed E-state index contributed by atoms with van der Waals surface area (Å²) < 4.78 is 11.7.